The van der Waals surface area contributed by atoms with Crippen molar-refractivity contribution in [1.29, 1.82) is 0 Å². The van der Waals surface area contributed by atoms with Crippen LogP contribution in [0.5, 0.6) is 0 Å². The topological polar surface area (TPSA) is 62.3 Å². The minimum Gasteiger partial charge on any atom is -0.343 e. The molecule has 1 N–H and O–H groups in total. The van der Waals surface area contributed by atoms with E-state index in [9.17, 15) is 9.59 Å². The predicted molar refractivity (Wildman–Crippen MR) is 88.2 cm³/mol. The molecule has 118 valence electrons. The number of anilines is 1. The Morgan fingerprint density at radius 1 is 1.04 bits per heavy atom. The number of pyridine rings is 1. The largest absolute Gasteiger partial charge is 0.343 e. The summed E-state index contributed by atoms with van der Waals surface area (Å²) in [4.78, 5) is 30.3. The Hall–Kier alpha value is -2.69. The minimum atomic E-state index is -0.454. The van der Waals surface area contributed by atoms with Gasteiger partial charge in [0, 0.05) is 14.1 Å². The van der Waals surface area contributed by atoms with Crippen molar-refractivity contribution in [2.45, 2.75) is 18.3 Å². The van der Waals surface area contributed by atoms with Gasteiger partial charge in [-0.05, 0) is 30.5 Å². The van der Waals surface area contributed by atoms with E-state index in [2.05, 4.69) is 10.3 Å². The maximum Gasteiger partial charge on any atom is 0.272 e. The minimum absolute atomic E-state index is 0.0642. The lowest BCUT2D eigenvalue weighted by Gasteiger charge is -2.16. The van der Waals surface area contributed by atoms with Crippen molar-refractivity contribution in [2.24, 2.45) is 0 Å². The molecule has 0 spiro atoms. The van der Waals surface area contributed by atoms with Gasteiger partial charge in [0.25, 0.3) is 5.91 Å². The van der Waals surface area contributed by atoms with Crippen LogP contribution in [0, 0.1) is 0 Å². The van der Waals surface area contributed by atoms with Gasteiger partial charge in [-0.2, -0.15) is 0 Å². The van der Waals surface area contributed by atoms with E-state index in [-0.39, 0.29) is 11.8 Å². The summed E-state index contributed by atoms with van der Waals surface area (Å²) in [6.07, 6.45) is 1.67. The molecule has 2 aromatic rings. The summed E-state index contributed by atoms with van der Waals surface area (Å²) in [5, 5.41) is 2.86. The highest BCUT2D eigenvalue weighted by atomic mass is 16.2. The second-order valence-electron chi connectivity index (χ2n) is 6.01. The smallest absolute Gasteiger partial charge is 0.272 e. The highest BCUT2D eigenvalue weighted by Gasteiger charge is 2.51. The molecule has 0 bridgehead atoms. The van der Waals surface area contributed by atoms with Crippen LogP contribution < -0.4 is 5.32 Å². The molecular formula is C18H19N3O2. The van der Waals surface area contributed by atoms with E-state index >= 15 is 0 Å². The molecule has 2 amide bonds. The highest BCUT2D eigenvalue weighted by Crippen LogP contribution is 2.48. The third-order valence-electron chi connectivity index (χ3n) is 4.13. The molecule has 1 fully saturated rings. The first kappa shape index (κ1) is 15.2. The molecule has 0 radical (unpaired) electrons. The fraction of sp³-hybridized carbons (Fsp3) is 0.278. The van der Waals surface area contributed by atoms with Crippen molar-refractivity contribution in [1.82, 2.24) is 9.88 Å². The van der Waals surface area contributed by atoms with Crippen LogP contribution in [0.2, 0.25) is 0 Å². The van der Waals surface area contributed by atoms with Crippen molar-refractivity contribution < 1.29 is 9.59 Å². The molecule has 1 aromatic heterocycles. The molecule has 0 atom stereocenters. The number of nitrogens with one attached hydrogen (secondary N) is 1. The summed E-state index contributed by atoms with van der Waals surface area (Å²) in [6.45, 7) is 0. The van der Waals surface area contributed by atoms with Crippen molar-refractivity contribution in [2.75, 3.05) is 19.4 Å². The molecule has 3 rings (SSSR count). The van der Waals surface area contributed by atoms with Crippen molar-refractivity contribution in [3.63, 3.8) is 0 Å². The number of amides is 2. The fourth-order valence-electron chi connectivity index (χ4n) is 2.62. The molecule has 0 saturated heterocycles. The van der Waals surface area contributed by atoms with Gasteiger partial charge in [-0.15, -0.1) is 0 Å². The van der Waals surface area contributed by atoms with E-state index in [0.29, 0.717) is 11.5 Å². The molecule has 5 nitrogen and oxygen atoms in total. The Balaban J connectivity index is 1.79. The first-order valence-corrected chi connectivity index (χ1v) is 7.59. The van der Waals surface area contributed by atoms with Gasteiger partial charge < -0.3 is 10.2 Å². The zero-order valence-corrected chi connectivity index (χ0v) is 13.2. The Morgan fingerprint density at radius 2 is 1.74 bits per heavy atom. The quantitative estimate of drug-likeness (QED) is 0.943. The predicted octanol–water partition coefficient (Wildman–Crippen LogP) is 2.45. The lowest BCUT2D eigenvalue weighted by Crippen LogP contribution is -2.29. The molecule has 0 aliphatic heterocycles. The highest BCUT2D eigenvalue weighted by molar-refractivity contribution is 6.01. The number of carbonyl (C=O) groups is 2. The van der Waals surface area contributed by atoms with Gasteiger partial charge in [0.2, 0.25) is 5.91 Å². The van der Waals surface area contributed by atoms with E-state index in [0.717, 1.165) is 18.4 Å². The van der Waals surface area contributed by atoms with E-state index in [4.69, 9.17) is 0 Å². The molecule has 5 heteroatoms. The number of nitrogens with zero attached hydrogens (tertiary/aromatic N) is 2. The monoisotopic (exact) mass is 309 g/mol. The molecule has 1 heterocycles. The zero-order chi connectivity index (χ0) is 16.4. The van der Waals surface area contributed by atoms with Gasteiger partial charge in [0.05, 0.1) is 5.41 Å². The fourth-order valence-corrected chi connectivity index (χ4v) is 2.62. The van der Waals surface area contributed by atoms with Crippen LogP contribution in [0.4, 0.5) is 5.82 Å². The maximum absolute atomic E-state index is 12.7. The lowest BCUT2D eigenvalue weighted by molar-refractivity contribution is -0.118. The summed E-state index contributed by atoms with van der Waals surface area (Å²) in [7, 11) is 3.34. The van der Waals surface area contributed by atoms with Gasteiger partial charge in [-0.25, -0.2) is 4.98 Å². The molecule has 1 aliphatic rings. The van der Waals surface area contributed by atoms with Crippen LogP contribution in [-0.4, -0.2) is 35.8 Å². The lowest BCUT2D eigenvalue weighted by atomic mass is 9.95. The number of benzene rings is 1. The van der Waals surface area contributed by atoms with E-state index in [1.165, 1.54) is 4.90 Å². The number of rotatable bonds is 4. The standard InChI is InChI=1S/C18H19N3O2/c1-21(2)16(22)14-9-6-10-15(19-14)20-17(23)18(11-12-18)13-7-4-3-5-8-13/h3-10H,11-12H2,1-2H3,(H,19,20,23). The van der Waals surface area contributed by atoms with Crippen molar-refractivity contribution >= 4 is 17.6 Å². The van der Waals surface area contributed by atoms with Gasteiger partial charge in [-0.3, -0.25) is 9.59 Å². The first-order valence-electron chi connectivity index (χ1n) is 7.59. The SMILES string of the molecule is CN(C)C(=O)c1cccc(NC(=O)C2(c3ccccc3)CC2)n1. The Morgan fingerprint density at radius 3 is 2.35 bits per heavy atom. The van der Waals surface area contributed by atoms with Gasteiger partial charge >= 0.3 is 0 Å². The van der Waals surface area contributed by atoms with Crippen LogP contribution >= 0.6 is 0 Å². The van der Waals surface area contributed by atoms with E-state index in [1.807, 2.05) is 30.3 Å². The van der Waals surface area contributed by atoms with Crippen LogP contribution in [0.1, 0.15) is 28.9 Å². The second kappa shape index (κ2) is 5.83. The maximum atomic E-state index is 12.7. The Bertz CT molecular complexity index is 737. The molecule has 1 saturated carbocycles. The average Bonchev–Trinajstić information content (AvgIpc) is 3.37. The van der Waals surface area contributed by atoms with E-state index in [1.54, 1.807) is 32.3 Å². The summed E-state index contributed by atoms with van der Waals surface area (Å²) in [6, 6.07) is 14.8. The second-order valence-corrected chi connectivity index (χ2v) is 6.01. The molecule has 23 heavy (non-hydrogen) atoms. The number of carbonyl (C=O) groups excluding carboxylic acids is 2. The zero-order valence-electron chi connectivity index (χ0n) is 13.2. The van der Waals surface area contributed by atoms with Gasteiger partial charge in [-0.1, -0.05) is 36.4 Å². The van der Waals surface area contributed by atoms with Crippen molar-refractivity contribution in [3.8, 4) is 0 Å². The number of hydrogen-bond donors (Lipinski definition) is 1. The summed E-state index contributed by atoms with van der Waals surface area (Å²) in [5.41, 5.74) is 0.889. The summed E-state index contributed by atoms with van der Waals surface area (Å²) >= 11 is 0. The van der Waals surface area contributed by atoms with Crippen LogP contribution in [0.15, 0.2) is 48.5 Å². The first-order chi connectivity index (χ1) is 11.0. The third kappa shape index (κ3) is 2.95. The van der Waals surface area contributed by atoms with Crippen LogP contribution in [0.3, 0.4) is 0 Å². The molecular weight excluding hydrogens is 290 g/mol. The molecule has 1 aliphatic carbocycles. The normalized spacial score (nSPS) is 14.9. The van der Waals surface area contributed by atoms with Gasteiger partial charge in [0.15, 0.2) is 0 Å². The summed E-state index contributed by atoms with van der Waals surface area (Å²) < 4.78 is 0. The van der Waals surface area contributed by atoms with Crippen LogP contribution in [-0.2, 0) is 10.2 Å². The molecule has 1 aromatic carbocycles. The van der Waals surface area contributed by atoms with E-state index < -0.39 is 5.41 Å². The van der Waals surface area contributed by atoms with Crippen molar-refractivity contribution in [3.05, 3.63) is 59.8 Å². The summed E-state index contributed by atoms with van der Waals surface area (Å²) in [5.74, 6) is 0.154. The Kier molecular flexibility index (Phi) is 3.86. The Labute approximate surface area is 135 Å². The number of aromatic nitrogens is 1. The third-order valence-corrected chi connectivity index (χ3v) is 4.13. The number of hydrogen-bond acceptors (Lipinski definition) is 3. The average molecular weight is 309 g/mol. The molecule has 0 unspecified atom stereocenters. The van der Waals surface area contributed by atoms with Crippen LogP contribution in [0.25, 0.3) is 0 Å². The van der Waals surface area contributed by atoms with Gasteiger partial charge in [0.1, 0.15) is 11.5 Å².